The van der Waals surface area contributed by atoms with Crippen molar-refractivity contribution < 1.29 is 0 Å². The van der Waals surface area contributed by atoms with Crippen molar-refractivity contribution >= 4 is 10.9 Å². The predicted molar refractivity (Wildman–Crippen MR) is 143 cm³/mol. The molecular formula is C29H36N6O. The average Bonchev–Trinajstić information content (AvgIpc) is 3.35. The third kappa shape index (κ3) is 5.26. The van der Waals surface area contributed by atoms with E-state index in [2.05, 4.69) is 80.3 Å². The summed E-state index contributed by atoms with van der Waals surface area (Å²) < 4.78 is 2.08. The number of tetrazole rings is 1. The van der Waals surface area contributed by atoms with E-state index in [-0.39, 0.29) is 17.5 Å². The van der Waals surface area contributed by atoms with Gasteiger partial charge in [-0.05, 0) is 64.8 Å². The van der Waals surface area contributed by atoms with E-state index in [0.29, 0.717) is 19.1 Å². The zero-order valence-electron chi connectivity index (χ0n) is 21.5. The molecule has 7 heteroatoms. The molecule has 2 heterocycles. The lowest BCUT2D eigenvalue weighted by molar-refractivity contribution is 0.121. The van der Waals surface area contributed by atoms with Crippen molar-refractivity contribution in [2.24, 2.45) is 5.92 Å². The minimum atomic E-state index is -0.0412. The van der Waals surface area contributed by atoms with Gasteiger partial charge in [0, 0.05) is 24.2 Å². The van der Waals surface area contributed by atoms with Crippen LogP contribution in [-0.2, 0) is 13.1 Å². The van der Waals surface area contributed by atoms with Crippen molar-refractivity contribution in [3.8, 4) is 0 Å². The van der Waals surface area contributed by atoms with E-state index in [0.717, 1.165) is 40.7 Å². The summed E-state index contributed by atoms with van der Waals surface area (Å²) in [6.07, 6.45) is 5.95. The number of rotatable bonds is 8. The highest BCUT2D eigenvalue weighted by molar-refractivity contribution is 5.79. The zero-order valence-corrected chi connectivity index (χ0v) is 21.5. The monoisotopic (exact) mass is 484 g/mol. The summed E-state index contributed by atoms with van der Waals surface area (Å²) in [7, 11) is 0. The normalized spacial score (nSPS) is 15.7. The molecule has 36 heavy (non-hydrogen) atoms. The molecule has 1 saturated carbocycles. The maximum absolute atomic E-state index is 13.2. The van der Waals surface area contributed by atoms with Crippen LogP contribution in [0.15, 0.2) is 59.4 Å². The van der Waals surface area contributed by atoms with Gasteiger partial charge < -0.3 is 4.98 Å². The van der Waals surface area contributed by atoms with E-state index in [1.54, 1.807) is 0 Å². The number of aromatic amines is 1. The SMILES string of the molecule is Cc1ccc2cc(CN(Cc3ccccc3)C(c3nnnn3C3CCCCC3)C(C)C)c(=O)[nH]c2c1. The van der Waals surface area contributed by atoms with Crippen LogP contribution in [0.3, 0.4) is 0 Å². The minimum Gasteiger partial charge on any atom is -0.322 e. The number of hydrogen-bond donors (Lipinski definition) is 1. The maximum Gasteiger partial charge on any atom is 0.252 e. The lowest BCUT2D eigenvalue weighted by atomic mass is 9.94. The van der Waals surface area contributed by atoms with Crippen molar-refractivity contribution in [2.45, 2.75) is 78.0 Å². The van der Waals surface area contributed by atoms with E-state index < -0.39 is 0 Å². The number of aromatic nitrogens is 5. The summed E-state index contributed by atoms with van der Waals surface area (Å²) in [5, 5.41) is 14.2. The molecule has 5 rings (SSSR count). The Morgan fingerprint density at radius 1 is 1.03 bits per heavy atom. The summed E-state index contributed by atoms with van der Waals surface area (Å²) in [6, 6.07) is 19.0. The number of aryl methyl sites for hydroxylation is 1. The second-order valence-electron chi connectivity index (χ2n) is 10.6. The Balaban J connectivity index is 1.55. The molecule has 1 atom stereocenters. The summed E-state index contributed by atoms with van der Waals surface area (Å²) in [5.41, 5.74) is 3.92. The van der Waals surface area contributed by atoms with Crippen molar-refractivity contribution in [2.75, 3.05) is 0 Å². The fourth-order valence-electron chi connectivity index (χ4n) is 5.63. The Morgan fingerprint density at radius 3 is 2.56 bits per heavy atom. The minimum absolute atomic E-state index is 0.0322. The van der Waals surface area contributed by atoms with Crippen molar-refractivity contribution in [1.29, 1.82) is 0 Å². The average molecular weight is 485 g/mol. The van der Waals surface area contributed by atoms with Crippen molar-refractivity contribution in [1.82, 2.24) is 30.1 Å². The van der Waals surface area contributed by atoms with Gasteiger partial charge in [0.2, 0.25) is 0 Å². The molecule has 0 amide bonds. The Bertz CT molecular complexity index is 1350. The van der Waals surface area contributed by atoms with Gasteiger partial charge in [0.15, 0.2) is 5.82 Å². The number of hydrogen-bond acceptors (Lipinski definition) is 5. The largest absolute Gasteiger partial charge is 0.322 e. The highest BCUT2D eigenvalue weighted by atomic mass is 16.1. The van der Waals surface area contributed by atoms with Gasteiger partial charge in [-0.1, -0.05) is 75.6 Å². The lowest BCUT2D eigenvalue weighted by Gasteiger charge is -2.35. The third-order valence-electron chi connectivity index (χ3n) is 7.41. The summed E-state index contributed by atoms with van der Waals surface area (Å²) in [5.74, 6) is 1.16. The number of H-pyrrole nitrogens is 1. The van der Waals surface area contributed by atoms with Crippen LogP contribution in [0.1, 0.15) is 80.6 Å². The van der Waals surface area contributed by atoms with Gasteiger partial charge in [-0.25, -0.2) is 4.68 Å². The molecule has 1 unspecified atom stereocenters. The smallest absolute Gasteiger partial charge is 0.252 e. The Labute approximate surface area is 212 Å². The molecule has 1 aliphatic rings. The third-order valence-corrected chi connectivity index (χ3v) is 7.41. The van der Waals surface area contributed by atoms with E-state index >= 15 is 0 Å². The zero-order chi connectivity index (χ0) is 25.1. The molecular weight excluding hydrogens is 448 g/mol. The molecule has 0 radical (unpaired) electrons. The number of nitrogens with zero attached hydrogens (tertiary/aromatic N) is 5. The first-order valence-corrected chi connectivity index (χ1v) is 13.2. The molecule has 7 nitrogen and oxygen atoms in total. The molecule has 1 fully saturated rings. The first-order valence-electron chi connectivity index (χ1n) is 13.2. The van der Waals surface area contributed by atoms with Gasteiger partial charge in [0.25, 0.3) is 5.56 Å². The standard InChI is InChI=1S/C29H36N6O/c1-20(2)27(28-31-32-33-35(28)25-12-8-5-9-13-25)34(18-22-10-6-4-7-11-22)19-24-17-23-15-14-21(3)16-26(23)30-29(24)36/h4,6-7,10-11,14-17,20,25,27H,5,8-9,12-13,18-19H2,1-3H3,(H,30,36). The highest BCUT2D eigenvalue weighted by Crippen LogP contribution is 2.34. The molecule has 0 spiro atoms. The molecule has 1 N–H and O–H groups in total. The van der Waals surface area contributed by atoms with Crippen molar-refractivity contribution in [3.05, 3.63) is 87.5 Å². The summed E-state index contributed by atoms with van der Waals surface area (Å²) >= 11 is 0. The molecule has 0 bridgehead atoms. The molecule has 1 aliphatic carbocycles. The first-order chi connectivity index (χ1) is 17.5. The van der Waals surface area contributed by atoms with Gasteiger partial charge in [-0.2, -0.15) is 0 Å². The predicted octanol–water partition coefficient (Wildman–Crippen LogP) is 5.73. The van der Waals surface area contributed by atoms with Crippen LogP contribution >= 0.6 is 0 Å². The molecule has 4 aromatic rings. The van der Waals surface area contributed by atoms with E-state index in [1.165, 1.54) is 24.8 Å². The number of pyridine rings is 1. The van der Waals surface area contributed by atoms with Crippen LogP contribution in [-0.4, -0.2) is 30.1 Å². The Morgan fingerprint density at radius 2 is 1.81 bits per heavy atom. The molecule has 2 aromatic heterocycles. The van der Waals surface area contributed by atoms with Gasteiger partial charge >= 0.3 is 0 Å². The van der Waals surface area contributed by atoms with Crippen LogP contribution in [0, 0.1) is 12.8 Å². The number of benzene rings is 2. The van der Waals surface area contributed by atoms with Crippen LogP contribution in [0.4, 0.5) is 0 Å². The lowest BCUT2D eigenvalue weighted by Crippen LogP contribution is -2.36. The Kier molecular flexibility index (Phi) is 7.28. The fourth-order valence-corrected chi connectivity index (χ4v) is 5.63. The van der Waals surface area contributed by atoms with Gasteiger partial charge in [-0.3, -0.25) is 9.69 Å². The van der Waals surface area contributed by atoms with Crippen LogP contribution in [0.25, 0.3) is 10.9 Å². The summed E-state index contributed by atoms with van der Waals surface area (Å²) in [6.45, 7) is 7.68. The molecule has 2 aromatic carbocycles. The highest BCUT2D eigenvalue weighted by Gasteiger charge is 2.32. The van der Waals surface area contributed by atoms with E-state index in [1.807, 2.05) is 25.1 Å². The van der Waals surface area contributed by atoms with Crippen LogP contribution in [0.5, 0.6) is 0 Å². The molecule has 0 aliphatic heterocycles. The van der Waals surface area contributed by atoms with Crippen LogP contribution < -0.4 is 5.56 Å². The summed E-state index contributed by atoms with van der Waals surface area (Å²) in [4.78, 5) is 18.7. The maximum atomic E-state index is 13.2. The second kappa shape index (κ2) is 10.7. The molecule has 188 valence electrons. The van der Waals surface area contributed by atoms with Crippen LogP contribution in [0.2, 0.25) is 0 Å². The van der Waals surface area contributed by atoms with Crippen molar-refractivity contribution in [3.63, 3.8) is 0 Å². The topological polar surface area (TPSA) is 79.7 Å². The van der Waals surface area contributed by atoms with E-state index in [9.17, 15) is 4.79 Å². The van der Waals surface area contributed by atoms with Gasteiger partial charge in [-0.15, -0.1) is 5.10 Å². The van der Waals surface area contributed by atoms with E-state index in [4.69, 9.17) is 0 Å². The number of nitrogens with one attached hydrogen (secondary N) is 1. The van der Waals surface area contributed by atoms with Gasteiger partial charge in [0.05, 0.1) is 12.1 Å². The quantitative estimate of drug-likeness (QED) is 0.346. The second-order valence-corrected chi connectivity index (χ2v) is 10.6. The van der Waals surface area contributed by atoms with Gasteiger partial charge in [0.1, 0.15) is 0 Å². The fraction of sp³-hybridized carbons (Fsp3) is 0.448. The first kappa shape index (κ1) is 24.4. The number of fused-ring (bicyclic) bond motifs is 1. The Hall–Kier alpha value is -3.32. The molecule has 0 saturated heterocycles.